The first-order valence-electron chi connectivity index (χ1n) is 15.0. The van der Waals surface area contributed by atoms with Crippen LogP contribution >= 0.6 is 0 Å². The highest BCUT2D eigenvalue weighted by Gasteiger charge is 2.32. The van der Waals surface area contributed by atoms with Gasteiger partial charge in [0.2, 0.25) is 0 Å². The van der Waals surface area contributed by atoms with E-state index >= 15 is 0 Å². The van der Waals surface area contributed by atoms with Crippen LogP contribution in [-0.4, -0.2) is 68.3 Å². The summed E-state index contributed by atoms with van der Waals surface area (Å²) in [4.78, 5) is 11.1. The molecule has 216 valence electrons. The fourth-order valence-corrected chi connectivity index (χ4v) is 5.06. The van der Waals surface area contributed by atoms with Crippen molar-refractivity contribution in [1.82, 2.24) is 0 Å². The van der Waals surface area contributed by atoms with Gasteiger partial charge in [-0.2, -0.15) is 0 Å². The highest BCUT2D eigenvalue weighted by atomic mass is 16.5. The van der Waals surface area contributed by atoms with Crippen molar-refractivity contribution in [3.05, 3.63) is 0 Å². The molecule has 6 nitrogen and oxygen atoms in total. The van der Waals surface area contributed by atoms with Crippen molar-refractivity contribution in [2.75, 3.05) is 20.3 Å². The molecular formula is C31H56O6. The van der Waals surface area contributed by atoms with Crippen LogP contribution in [-0.2, 0) is 23.7 Å². The largest absolute Gasteiger partial charge is 0.393 e. The van der Waals surface area contributed by atoms with Crippen molar-refractivity contribution >= 4 is 6.29 Å². The molecule has 0 aromatic heterocycles. The van der Waals surface area contributed by atoms with Gasteiger partial charge in [-0.3, -0.25) is 0 Å². The van der Waals surface area contributed by atoms with Gasteiger partial charge in [0, 0.05) is 39.6 Å². The van der Waals surface area contributed by atoms with E-state index in [1.54, 1.807) is 7.11 Å². The summed E-state index contributed by atoms with van der Waals surface area (Å²) in [7, 11) is 1.75. The Hall–Kier alpha value is -0.970. The van der Waals surface area contributed by atoms with Crippen LogP contribution in [0.25, 0.3) is 0 Å². The number of carbonyl (C=O) groups excluding carboxylic acids is 1. The molecule has 0 aromatic carbocycles. The van der Waals surface area contributed by atoms with Crippen molar-refractivity contribution in [2.24, 2.45) is 0 Å². The predicted octanol–water partition coefficient (Wildman–Crippen LogP) is 6.40. The minimum atomic E-state index is -0.299. The van der Waals surface area contributed by atoms with Gasteiger partial charge in [-0.1, -0.05) is 52.4 Å². The van der Waals surface area contributed by atoms with Crippen molar-refractivity contribution in [3.8, 4) is 12.3 Å². The smallest absolute Gasteiger partial charge is 0.122 e. The Balaban J connectivity index is 2.33. The number of unbranched alkanes of at least 4 members (excludes halogenated alkanes) is 7. The molecule has 0 radical (unpaired) electrons. The maximum absolute atomic E-state index is 11.1. The molecule has 0 bridgehead atoms. The van der Waals surface area contributed by atoms with E-state index in [0.29, 0.717) is 19.4 Å². The summed E-state index contributed by atoms with van der Waals surface area (Å²) < 4.78 is 24.3. The van der Waals surface area contributed by atoms with E-state index < -0.39 is 0 Å². The second kappa shape index (κ2) is 23.0. The number of aliphatic hydroxyl groups is 1. The lowest BCUT2D eigenvalue weighted by Gasteiger charge is -2.36. The summed E-state index contributed by atoms with van der Waals surface area (Å²) in [6.07, 6.45) is 22.2. The fraction of sp³-hybridized carbons (Fsp3) is 0.903. The number of aldehydes is 1. The van der Waals surface area contributed by atoms with Crippen LogP contribution in [0.2, 0.25) is 0 Å². The monoisotopic (exact) mass is 524 g/mol. The number of aliphatic hydroxyl groups excluding tert-OH is 1. The van der Waals surface area contributed by atoms with E-state index in [1.807, 2.05) is 0 Å². The molecule has 0 amide bonds. The van der Waals surface area contributed by atoms with Gasteiger partial charge in [-0.25, -0.2) is 0 Å². The summed E-state index contributed by atoms with van der Waals surface area (Å²) in [5, 5.41) is 10.3. The van der Waals surface area contributed by atoms with E-state index in [2.05, 4.69) is 19.8 Å². The van der Waals surface area contributed by atoms with E-state index in [4.69, 9.17) is 25.4 Å². The lowest BCUT2D eigenvalue weighted by atomic mass is 9.94. The normalized spacial score (nSPS) is 22.3. The van der Waals surface area contributed by atoms with Crippen molar-refractivity contribution in [2.45, 2.75) is 160 Å². The van der Waals surface area contributed by atoms with Crippen molar-refractivity contribution in [3.63, 3.8) is 0 Å². The van der Waals surface area contributed by atoms with Crippen LogP contribution < -0.4 is 0 Å². The van der Waals surface area contributed by atoms with Gasteiger partial charge >= 0.3 is 0 Å². The van der Waals surface area contributed by atoms with E-state index in [9.17, 15) is 9.90 Å². The molecule has 0 spiro atoms. The summed E-state index contributed by atoms with van der Waals surface area (Å²) in [5.41, 5.74) is 0. The first-order chi connectivity index (χ1) is 18.1. The maximum Gasteiger partial charge on any atom is 0.122 e. The van der Waals surface area contributed by atoms with Gasteiger partial charge in [-0.15, -0.1) is 12.3 Å². The first-order valence-corrected chi connectivity index (χ1v) is 15.0. The van der Waals surface area contributed by atoms with Gasteiger partial charge in [0.15, 0.2) is 0 Å². The maximum atomic E-state index is 11.1. The number of terminal acetylenes is 1. The predicted molar refractivity (Wildman–Crippen MR) is 150 cm³/mol. The summed E-state index contributed by atoms with van der Waals surface area (Å²) in [6, 6.07) is 0. The number of carbonyl (C=O) groups is 1. The van der Waals surface area contributed by atoms with E-state index in [1.165, 1.54) is 25.7 Å². The Kier molecular flexibility index (Phi) is 21.1. The average molecular weight is 525 g/mol. The van der Waals surface area contributed by atoms with Crippen LogP contribution in [0.3, 0.4) is 0 Å². The third kappa shape index (κ3) is 17.3. The number of rotatable bonds is 24. The van der Waals surface area contributed by atoms with Gasteiger partial charge < -0.3 is 28.8 Å². The first kappa shape index (κ1) is 34.1. The van der Waals surface area contributed by atoms with Crippen LogP contribution in [0, 0.1) is 12.3 Å². The number of methoxy groups -OCH3 is 1. The Morgan fingerprint density at radius 3 is 2.41 bits per heavy atom. The Bertz CT molecular complexity index is 577. The minimum absolute atomic E-state index is 0.0202. The molecule has 3 unspecified atom stereocenters. The summed E-state index contributed by atoms with van der Waals surface area (Å²) >= 11 is 0. The molecule has 1 N–H and O–H groups in total. The summed E-state index contributed by atoms with van der Waals surface area (Å²) in [5.74, 6) is 2.69. The van der Waals surface area contributed by atoms with Crippen LogP contribution in [0.1, 0.15) is 123 Å². The Morgan fingerprint density at radius 2 is 1.73 bits per heavy atom. The van der Waals surface area contributed by atoms with E-state index in [-0.39, 0.29) is 36.6 Å². The molecule has 1 saturated heterocycles. The van der Waals surface area contributed by atoms with Crippen LogP contribution in [0.15, 0.2) is 0 Å². The standard InChI is InChI=1S/C31H56O6/c1-5-8-10-11-12-13-14-15-16-26(33)18-21-36-27(7-3)22-29(34-4)24-31-25-30(35-20-9-6-2)23-28(37-31)17-19-32/h1,19,26-31,33H,6-18,20-25H2,2-4H3/t26-,27?,28?,29-,30-,31?/m1/s1. The molecule has 6 atom stereocenters. The topological polar surface area (TPSA) is 74.2 Å². The molecule has 1 rings (SSSR count). The number of hydrogen-bond acceptors (Lipinski definition) is 6. The van der Waals surface area contributed by atoms with Gasteiger partial charge in [0.25, 0.3) is 0 Å². The SMILES string of the molecule is C#CCCCCCCCC[C@@H](O)CCOC(CC)C[C@H](CC1C[C@H](OCCCC)CC(CC=O)O1)OC. The zero-order chi connectivity index (χ0) is 27.1. The zero-order valence-electron chi connectivity index (χ0n) is 24.0. The fourth-order valence-electron chi connectivity index (χ4n) is 5.06. The Labute approximate surface area is 227 Å². The molecule has 1 aliphatic rings. The molecule has 1 aliphatic heterocycles. The number of ether oxygens (including phenoxy) is 4. The molecule has 0 aromatic rings. The Morgan fingerprint density at radius 1 is 1.00 bits per heavy atom. The van der Waals surface area contributed by atoms with Gasteiger partial charge in [0.1, 0.15) is 6.29 Å². The molecule has 37 heavy (non-hydrogen) atoms. The van der Waals surface area contributed by atoms with E-state index in [0.717, 1.165) is 83.5 Å². The van der Waals surface area contributed by atoms with Crippen LogP contribution in [0.5, 0.6) is 0 Å². The molecular weight excluding hydrogens is 468 g/mol. The number of hydrogen-bond donors (Lipinski definition) is 1. The molecule has 1 fully saturated rings. The zero-order valence-corrected chi connectivity index (χ0v) is 24.0. The second-order valence-corrected chi connectivity index (χ2v) is 10.6. The highest BCUT2D eigenvalue weighted by molar-refractivity contribution is 5.50. The highest BCUT2D eigenvalue weighted by Crippen LogP contribution is 2.28. The minimum Gasteiger partial charge on any atom is -0.393 e. The second-order valence-electron chi connectivity index (χ2n) is 10.6. The lowest BCUT2D eigenvalue weighted by Crippen LogP contribution is -2.40. The third-order valence-electron chi connectivity index (χ3n) is 7.40. The molecule has 0 saturated carbocycles. The average Bonchev–Trinajstić information content (AvgIpc) is 2.89. The molecule has 0 aliphatic carbocycles. The van der Waals surface area contributed by atoms with Gasteiger partial charge in [-0.05, 0) is 51.4 Å². The third-order valence-corrected chi connectivity index (χ3v) is 7.40. The van der Waals surface area contributed by atoms with Gasteiger partial charge in [0.05, 0.1) is 36.6 Å². The molecule has 1 heterocycles. The van der Waals surface area contributed by atoms with Crippen molar-refractivity contribution in [1.29, 1.82) is 0 Å². The van der Waals surface area contributed by atoms with Crippen LogP contribution in [0.4, 0.5) is 0 Å². The lowest BCUT2D eigenvalue weighted by molar-refractivity contribution is -0.137. The van der Waals surface area contributed by atoms with Crippen molar-refractivity contribution < 1.29 is 28.8 Å². The summed E-state index contributed by atoms with van der Waals surface area (Å²) in [6.45, 7) is 5.62. The molecule has 6 heteroatoms. The quantitative estimate of drug-likeness (QED) is 0.0894.